The molecule has 1 aliphatic heterocycles. The summed E-state index contributed by atoms with van der Waals surface area (Å²) >= 11 is 0. The summed E-state index contributed by atoms with van der Waals surface area (Å²) in [6, 6.07) is 6.15. The van der Waals surface area contributed by atoms with E-state index in [2.05, 4.69) is 29.7 Å². The monoisotopic (exact) mass is 286 g/mol. The predicted octanol–water partition coefficient (Wildman–Crippen LogP) is 2.89. The lowest BCUT2D eigenvalue weighted by molar-refractivity contribution is 0.0941. The molecule has 0 radical (unpaired) electrons. The fraction of sp³-hybridized carbons (Fsp3) is 0.611. The number of benzene rings is 1. The molecule has 1 heterocycles. The molecule has 1 aromatic carbocycles. The fourth-order valence-electron chi connectivity index (χ4n) is 3.49. The number of hydrogen-bond donors (Lipinski definition) is 2. The van der Waals surface area contributed by atoms with Gasteiger partial charge in [-0.1, -0.05) is 25.8 Å². The molecule has 0 aromatic heterocycles. The van der Waals surface area contributed by atoms with Crippen LogP contribution in [0.2, 0.25) is 0 Å². The smallest absolute Gasteiger partial charge is 0.251 e. The highest BCUT2D eigenvalue weighted by molar-refractivity contribution is 5.94. The molecule has 1 fully saturated rings. The first-order valence-corrected chi connectivity index (χ1v) is 8.33. The summed E-state index contributed by atoms with van der Waals surface area (Å²) in [6.07, 6.45) is 6.21. The van der Waals surface area contributed by atoms with Gasteiger partial charge in [0.15, 0.2) is 0 Å². The average Bonchev–Trinajstić information content (AvgIpc) is 2.53. The van der Waals surface area contributed by atoms with Crippen molar-refractivity contribution in [2.24, 2.45) is 11.8 Å². The topological polar surface area (TPSA) is 41.1 Å². The van der Waals surface area contributed by atoms with Crippen LogP contribution in [0.1, 0.15) is 54.1 Å². The van der Waals surface area contributed by atoms with Gasteiger partial charge in [0.05, 0.1) is 0 Å². The van der Waals surface area contributed by atoms with Crippen LogP contribution < -0.4 is 10.6 Å². The van der Waals surface area contributed by atoms with Gasteiger partial charge in [-0.15, -0.1) is 0 Å². The molecule has 3 heteroatoms. The van der Waals surface area contributed by atoms with Crippen LogP contribution in [0, 0.1) is 11.8 Å². The van der Waals surface area contributed by atoms with Crippen LogP contribution >= 0.6 is 0 Å². The zero-order valence-corrected chi connectivity index (χ0v) is 13.0. The maximum Gasteiger partial charge on any atom is 0.251 e. The third kappa shape index (κ3) is 3.65. The van der Waals surface area contributed by atoms with Crippen LogP contribution in [0.25, 0.3) is 0 Å². The van der Waals surface area contributed by atoms with E-state index < -0.39 is 0 Å². The Labute approximate surface area is 127 Å². The molecule has 0 saturated heterocycles. The number of carbonyl (C=O) groups excluding carboxylic acids is 1. The minimum Gasteiger partial charge on any atom is -0.352 e. The molecule has 0 spiro atoms. The highest BCUT2D eigenvalue weighted by Gasteiger charge is 2.19. The van der Waals surface area contributed by atoms with Crippen molar-refractivity contribution in [2.45, 2.75) is 45.6 Å². The number of nitrogens with one attached hydrogen (secondary N) is 2. The minimum atomic E-state index is 0.0852. The molecular formula is C18H26N2O. The summed E-state index contributed by atoms with van der Waals surface area (Å²) in [6.45, 7) is 5.09. The second kappa shape index (κ2) is 6.61. The van der Waals surface area contributed by atoms with Gasteiger partial charge in [-0.2, -0.15) is 0 Å². The van der Waals surface area contributed by atoms with Crippen molar-refractivity contribution in [3.8, 4) is 0 Å². The van der Waals surface area contributed by atoms with Gasteiger partial charge >= 0.3 is 0 Å². The van der Waals surface area contributed by atoms with Gasteiger partial charge < -0.3 is 10.6 Å². The molecule has 114 valence electrons. The standard InChI is InChI=1S/C18H26N2O/c1-13-2-4-14(5-3-13)11-20-18(21)16-7-6-15-8-9-19-12-17(15)10-16/h6-7,10,13-14,19H,2-5,8-9,11-12H2,1H3,(H,20,21). The molecule has 1 aromatic rings. The Morgan fingerprint density at radius 1 is 1.24 bits per heavy atom. The van der Waals surface area contributed by atoms with Gasteiger partial charge in [0.2, 0.25) is 0 Å². The van der Waals surface area contributed by atoms with Gasteiger partial charge in [0.1, 0.15) is 0 Å². The average molecular weight is 286 g/mol. The van der Waals surface area contributed by atoms with Gasteiger partial charge in [-0.25, -0.2) is 0 Å². The molecule has 3 nitrogen and oxygen atoms in total. The lowest BCUT2D eigenvalue weighted by Crippen LogP contribution is -2.31. The van der Waals surface area contributed by atoms with Crippen molar-refractivity contribution >= 4 is 5.91 Å². The largest absolute Gasteiger partial charge is 0.352 e. The third-order valence-corrected chi connectivity index (χ3v) is 5.04. The first kappa shape index (κ1) is 14.6. The molecule has 1 aliphatic carbocycles. The molecule has 2 N–H and O–H groups in total. The maximum atomic E-state index is 12.3. The summed E-state index contributed by atoms with van der Waals surface area (Å²) in [5.74, 6) is 1.62. The summed E-state index contributed by atoms with van der Waals surface area (Å²) in [5, 5.41) is 6.49. The second-order valence-electron chi connectivity index (χ2n) is 6.75. The minimum absolute atomic E-state index is 0.0852. The highest BCUT2D eigenvalue weighted by atomic mass is 16.1. The second-order valence-corrected chi connectivity index (χ2v) is 6.75. The number of carbonyl (C=O) groups is 1. The van der Waals surface area contributed by atoms with Gasteiger partial charge in [-0.3, -0.25) is 4.79 Å². The first-order valence-electron chi connectivity index (χ1n) is 8.33. The Kier molecular flexibility index (Phi) is 4.59. The van der Waals surface area contributed by atoms with E-state index in [-0.39, 0.29) is 5.91 Å². The Morgan fingerprint density at radius 3 is 2.86 bits per heavy atom. The van der Waals surface area contributed by atoms with Crippen molar-refractivity contribution < 1.29 is 4.79 Å². The van der Waals surface area contributed by atoms with E-state index in [9.17, 15) is 4.79 Å². The predicted molar refractivity (Wildman–Crippen MR) is 85.3 cm³/mol. The number of hydrogen-bond acceptors (Lipinski definition) is 2. The number of amides is 1. The van der Waals surface area contributed by atoms with Crippen LogP contribution in [0.4, 0.5) is 0 Å². The fourth-order valence-corrected chi connectivity index (χ4v) is 3.49. The van der Waals surface area contributed by atoms with Crippen LogP contribution in [-0.4, -0.2) is 19.0 Å². The molecule has 0 unspecified atom stereocenters. The van der Waals surface area contributed by atoms with Crippen molar-refractivity contribution in [2.75, 3.05) is 13.1 Å². The van der Waals surface area contributed by atoms with Crippen LogP contribution in [0.3, 0.4) is 0 Å². The molecule has 21 heavy (non-hydrogen) atoms. The van der Waals surface area contributed by atoms with E-state index in [4.69, 9.17) is 0 Å². The lowest BCUT2D eigenvalue weighted by atomic mass is 9.83. The van der Waals surface area contributed by atoms with E-state index in [0.29, 0.717) is 5.92 Å². The molecule has 3 rings (SSSR count). The van der Waals surface area contributed by atoms with Crippen molar-refractivity contribution in [3.05, 3.63) is 34.9 Å². The quantitative estimate of drug-likeness (QED) is 0.897. The maximum absolute atomic E-state index is 12.3. The Morgan fingerprint density at radius 2 is 2.05 bits per heavy atom. The SMILES string of the molecule is CC1CCC(CNC(=O)c2ccc3c(c2)CNCC3)CC1. The van der Waals surface area contributed by atoms with Gasteiger partial charge in [0, 0.05) is 18.7 Å². The summed E-state index contributed by atoms with van der Waals surface area (Å²) in [4.78, 5) is 12.3. The Balaban J connectivity index is 1.55. The van der Waals surface area contributed by atoms with E-state index in [1.54, 1.807) is 0 Å². The third-order valence-electron chi connectivity index (χ3n) is 5.04. The lowest BCUT2D eigenvalue weighted by Gasteiger charge is -2.26. The van der Waals surface area contributed by atoms with Crippen molar-refractivity contribution in [3.63, 3.8) is 0 Å². The Bertz CT molecular complexity index is 504. The molecule has 0 atom stereocenters. The molecule has 1 amide bonds. The summed E-state index contributed by atoms with van der Waals surface area (Å²) in [5.41, 5.74) is 3.47. The zero-order chi connectivity index (χ0) is 14.7. The molecule has 0 bridgehead atoms. The summed E-state index contributed by atoms with van der Waals surface area (Å²) < 4.78 is 0. The number of fused-ring (bicyclic) bond motifs is 1. The van der Waals surface area contributed by atoms with E-state index in [1.807, 2.05) is 6.07 Å². The molecule has 1 saturated carbocycles. The highest BCUT2D eigenvalue weighted by Crippen LogP contribution is 2.27. The van der Waals surface area contributed by atoms with E-state index in [0.717, 1.165) is 37.5 Å². The van der Waals surface area contributed by atoms with Crippen molar-refractivity contribution in [1.82, 2.24) is 10.6 Å². The van der Waals surface area contributed by atoms with Crippen LogP contribution in [0.15, 0.2) is 18.2 Å². The number of rotatable bonds is 3. The zero-order valence-electron chi connectivity index (χ0n) is 13.0. The molecule has 2 aliphatic rings. The van der Waals surface area contributed by atoms with Crippen molar-refractivity contribution in [1.29, 1.82) is 0 Å². The van der Waals surface area contributed by atoms with Gasteiger partial charge in [-0.05, 0) is 60.9 Å². The van der Waals surface area contributed by atoms with E-state index >= 15 is 0 Å². The van der Waals surface area contributed by atoms with Gasteiger partial charge in [0.25, 0.3) is 5.91 Å². The van der Waals surface area contributed by atoms with Crippen LogP contribution in [0.5, 0.6) is 0 Å². The summed E-state index contributed by atoms with van der Waals surface area (Å²) in [7, 11) is 0. The normalized spacial score (nSPS) is 25.2. The molecular weight excluding hydrogens is 260 g/mol. The van der Waals surface area contributed by atoms with Crippen LogP contribution in [-0.2, 0) is 13.0 Å². The first-order chi connectivity index (χ1) is 10.2. The van der Waals surface area contributed by atoms with E-state index in [1.165, 1.54) is 36.8 Å². The Hall–Kier alpha value is -1.35.